The first-order chi connectivity index (χ1) is 7.31. The van der Waals surface area contributed by atoms with E-state index < -0.39 is 32.9 Å². The van der Waals surface area contributed by atoms with E-state index in [-0.39, 0.29) is 6.54 Å². The maximum atomic E-state index is 11.5. The number of nitrogens with two attached hydrogens (primary N) is 1. The van der Waals surface area contributed by atoms with Crippen LogP contribution in [-0.4, -0.2) is 29.8 Å². The third-order valence-electron chi connectivity index (χ3n) is 1.87. The molecule has 0 saturated carbocycles. The molecule has 0 aromatic carbocycles. The van der Waals surface area contributed by atoms with Crippen LogP contribution in [0.25, 0.3) is 0 Å². The normalized spacial score (nSPS) is 11.3. The fraction of sp³-hybridized carbons (Fsp3) is 0.250. The van der Waals surface area contributed by atoms with E-state index in [4.69, 9.17) is 10.2 Å². The average Bonchev–Trinajstić information content (AvgIpc) is 2.14. The van der Waals surface area contributed by atoms with Gasteiger partial charge in [0.1, 0.15) is 5.56 Å². The first-order valence-corrected chi connectivity index (χ1v) is 5.96. The van der Waals surface area contributed by atoms with Crippen molar-refractivity contribution in [2.45, 2.75) is 6.54 Å². The number of rotatable bonds is 4. The van der Waals surface area contributed by atoms with Crippen molar-refractivity contribution >= 4 is 16.0 Å². The van der Waals surface area contributed by atoms with Crippen molar-refractivity contribution in [2.75, 3.05) is 5.75 Å². The Morgan fingerprint density at radius 3 is 2.62 bits per heavy atom. The number of sulfonamides is 1. The van der Waals surface area contributed by atoms with Crippen molar-refractivity contribution in [2.24, 2.45) is 5.14 Å². The molecule has 3 N–H and O–H groups in total. The van der Waals surface area contributed by atoms with Crippen molar-refractivity contribution in [1.29, 1.82) is 0 Å². The Morgan fingerprint density at radius 1 is 1.50 bits per heavy atom. The van der Waals surface area contributed by atoms with Crippen LogP contribution >= 0.6 is 0 Å². The van der Waals surface area contributed by atoms with Crippen LogP contribution < -0.4 is 10.7 Å². The van der Waals surface area contributed by atoms with Crippen LogP contribution in [0.1, 0.15) is 10.4 Å². The zero-order valence-corrected chi connectivity index (χ0v) is 8.98. The molecule has 0 aliphatic heterocycles. The number of aryl methyl sites for hydroxylation is 1. The average molecular weight is 246 g/mol. The third kappa shape index (κ3) is 3.17. The van der Waals surface area contributed by atoms with Gasteiger partial charge in [0.25, 0.3) is 5.56 Å². The Bertz CT molecular complexity index is 560. The van der Waals surface area contributed by atoms with Gasteiger partial charge in [-0.3, -0.25) is 4.79 Å². The van der Waals surface area contributed by atoms with Crippen molar-refractivity contribution in [3.05, 3.63) is 34.2 Å². The smallest absolute Gasteiger partial charge is 0.341 e. The van der Waals surface area contributed by atoms with E-state index in [1.165, 1.54) is 12.3 Å². The summed E-state index contributed by atoms with van der Waals surface area (Å²) in [6.07, 6.45) is 1.31. The summed E-state index contributed by atoms with van der Waals surface area (Å²) in [6.45, 7) is -0.168. The lowest BCUT2D eigenvalue weighted by atomic mass is 10.3. The van der Waals surface area contributed by atoms with E-state index in [2.05, 4.69) is 0 Å². The Morgan fingerprint density at radius 2 is 2.12 bits per heavy atom. The molecule has 0 unspecified atom stereocenters. The van der Waals surface area contributed by atoms with Gasteiger partial charge in [-0.15, -0.1) is 0 Å². The van der Waals surface area contributed by atoms with Gasteiger partial charge in [-0.05, 0) is 12.1 Å². The maximum absolute atomic E-state index is 11.5. The van der Waals surface area contributed by atoms with Crippen LogP contribution in [0.15, 0.2) is 23.1 Å². The topological polar surface area (TPSA) is 119 Å². The van der Waals surface area contributed by atoms with E-state index in [1.807, 2.05) is 0 Å². The minimum absolute atomic E-state index is 0.168. The lowest BCUT2D eigenvalue weighted by Gasteiger charge is -2.04. The van der Waals surface area contributed by atoms with Crippen molar-refractivity contribution < 1.29 is 18.3 Å². The van der Waals surface area contributed by atoms with E-state index >= 15 is 0 Å². The standard InChI is InChI=1S/C8H10N2O5S/c9-16(14,15)5-4-10-3-1-2-6(7(10)11)8(12)13/h1-3H,4-5H2,(H,12,13)(H2,9,14,15). The third-order valence-corrected chi connectivity index (χ3v) is 2.62. The first kappa shape index (κ1) is 12.4. The molecule has 16 heavy (non-hydrogen) atoms. The summed E-state index contributed by atoms with van der Waals surface area (Å²) in [6, 6.07) is 2.51. The summed E-state index contributed by atoms with van der Waals surface area (Å²) in [7, 11) is -3.68. The van der Waals surface area contributed by atoms with Crippen molar-refractivity contribution in [1.82, 2.24) is 4.57 Å². The Hall–Kier alpha value is -1.67. The number of aromatic carboxylic acids is 1. The molecule has 0 radical (unpaired) electrons. The van der Waals surface area contributed by atoms with Gasteiger partial charge < -0.3 is 9.67 Å². The Balaban J connectivity index is 3.03. The van der Waals surface area contributed by atoms with Crippen LogP contribution in [0.3, 0.4) is 0 Å². The molecule has 1 rings (SSSR count). The fourth-order valence-electron chi connectivity index (χ4n) is 1.10. The van der Waals surface area contributed by atoms with Gasteiger partial charge in [0, 0.05) is 12.7 Å². The molecule has 0 aliphatic rings. The molecular weight excluding hydrogens is 236 g/mol. The molecule has 0 saturated heterocycles. The number of aromatic nitrogens is 1. The van der Waals surface area contributed by atoms with Crippen molar-refractivity contribution in [3.8, 4) is 0 Å². The Labute approximate surface area is 91.2 Å². The highest BCUT2D eigenvalue weighted by Crippen LogP contribution is 1.92. The van der Waals surface area contributed by atoms with Crippen LogP contribution in [0.4, 0.5) is 0 Å². The largest absolute Gasteiger partial charge is 0.477 e. The number of primary sulfonamides is 1. The number of hydrogen-bond donors (Lipinski definition) is 2. The van der Waals surface area contributed by atoms with Crippen LogP contribution in [0.5, 0.6) is 0 Å². The molecule has 1 aromatic heterocycles. The predicted octanol–water partition coefficient (Wildman–Crippen LogP) is -1.16. The van der Waals surface area contributed by atoms with Gasteiger partial charge in [-0.2, -0.15) is 0 Å². The number of hydrogen-bond acceptors (Lipinski definition) is 4. The molecule has 7 nitrogen and oxygen atoms in total. The number of carboxylic acid groups (broad SMARTS) is 1. The number of carboxylic acids is 1. The van der Waals surface area contributed by atoms with E-state index in [1.54, 1.807) is 0 Å². The fourth-order valence-corrected chi connectivity index (χ4v) is 1.55. The van der Waals surface area contributed by atoms with E-state index in [0.717, 1.165) is 10.6 Å². The molecule has 8 heteroatoms. The van der Waals surface area contributed by atoms with Gasteiger partial charge in [0.2, 0.25) is 10.0 Å². The van der Waals surface area contributed by atoms with Crippen molar-refractivity contribution in [3.63, 3.8) is 0 Å². The minimum Gasteiger partial charge on any atom is -0.477 e. The monoisotopic (exact) mass is 246 g/mol. The van der Waals surface area contributed by atoms with Gasteiger partial charge in [-0.1, -0.05) is 0 Å². The zero-order chi connectivity index (χ0) is 12.3. The molecule has 0 bridgehead atoms. The van der Waals surface area contributed by atoms with Crippen LogP contribution in [-0.2, 0) is 16.6 Å². The SMILES string of the molecule is NS(=O)(=O)CCn1cccc(C(=O)O)c1=O. The molecule has 0 fully saturated rings. The number of pyridine rings is 1. The second-order valence-electron chi connectivity index (χ2n) is 3.09. The quantitative estimate of drug-likeness (QED) is 0.694. The molecular formula is C8H10N2O5S. The lowest BCUT2D eigenvalue weighted by molar-refractivity contribution is 0.0694. The van der Waals surface area contributed by atoms with Gasteiger partial charge in [0.05, 0.1) is 5.75 Å². The van der Waals surface area contributed by atoms with Gasteiger partial charge in [-0.25, -0.2) is 18.4 Å². The van der Waals surface area contributed by atoms with E-state index in [9.17, 15) is 18.0 Å². The summed E-state index contributed by atoms with van der Waals surface area (Å²) in [4.78, 5) is 22.1. The number of carbonyl (C=O) groups is 1. The molecule has 0 aliphatic carbocycles. The second-order valence-corrected chi connectivity index (χ2v) is 4.83. The molecule has 0 spiro atoms. The van der Waals surface area contributed by atoms with Crippen LogP contribution in [0, 0.1) is 0 Å². The van der Waals surface area contributed by atoms with Crippen LogP contribution in [0.2, 0.25) is 0 Å². The maximum Gasteiger partial charge on any atom is 0.341 e. The summed E-state index contributed by atoms with van der Waals surface area (Å²) < 4.78 is 22.4. The number of nitrogens with zero attached hydrogens (tertiary/aromatic N) is 1. The summed E-state index contributed by atoms with van der Waals surface area (Å²) >= 11 is 0. The second kappa shape index (κ2) is 4.45. The predicted molar refractivity (Wildman–Crippen MR) is 55.6 cm³/mol. The first-order valence-electron chi connectivity index (χ1n) is 4.24. The summed E-state index contributed by atoms with van der Waals surface area (Å²) in [5.41, 5.74) is -1.16. The highest BCUT2D eigenvalue weighted by molar-refractivity contribution is 7.89. The molecule has 0 atom stereocenters. The summed E-state index contributed by atoms with van der Waals surface area (Å²) in [5, 5.41) is 13.4. The van der Waals surface area contributed by atoms with Gasteiger partial charge >= 0.3 is 5.97 Å². The molecule has 1 aromatic rings. The Kier molecular flexibility index (Phi) is 3.45. The molecule has 88 valence electrons. The van der Waals surface area contributed by atoms with Gasteiger partial charge in [0.15, 0.2) is 0 Å². The lowest BCUT2D eigenvalue weighted by Crippen LogP contribution is -2.29. The zero-order valence-electron chi connectivity index (χ0n) is 8.16. The minimum atomic E-state index is -3.68. The van der Waals surface area contributed by atoms with E-state index in [0.29, 0.717) is 0 Å². The highest BCUT2D eigenvalue weighted by Gasteiger charge is 2.11. The highest BCUT2D eigenvalue weighted by atomic mass is 32.2. The summed E-state index contributed by atoms with van der Waals surface area (Å²) in [5.74, 6) is -1.77. The molecule has 0 amide bonds. The molecule has 1 heterocycles.